The average molecular weight is 519 g/mol. The van der Waals surface area contributed by atoms with E-state index in [1.165, 1.54) is 6.07 Å². The number of carbonyl (C=O) groups is 2. The van der Waals surface area contributed by atoms with Crippen LogP contribution in [0.5, 0.6) is 0 Å². The van der Waals surface area contributed by atoms with E-state index >= 15 is 0 Å². The lowest BCUT2D eigenvalue weighted by molar-refractivity contribution is -0.224. The molecule has 0 amide bonds. The van der Waals surface area contributed by atoms with Gasteiger partial charge >= 0.3 is 18.1 Å². The maximum Gasteiger partial charge on any atom is 0.416 e. The molecule has 1 aromatic carbocycles. The minimum Gasteiger partial charge on any atom is -0.418 e. The number of carbonyl (C=O) groups excluding carboxylic acids is 2. The summed E-state index contributed by atoms with van der Waals surface area (Å²) in [4.78, 5) is 24.3. The van der Waals surface area contributed by atoms with Crippen LogP contribution in [0.2, 0.25) is 0 Å². The highest BCUT2D eigenvalue weighted by Crippen LogP contribution is 2.38. The SMILES string of the molecule is O=C1OC2(CCCC2)OC(=O)C1=Ic1cc(Br)cc(C(F)(F)F)c1. The number of halogens is 5. The molecule has 1 spiro atoms. The van der Waals surface area contributed by atoms with Crippen molar-refractivity contribution in [2.24, 2.45) is 0 Å². The van der Waals surface area contributed by atoms with Crippen molar-refractivity contribution in [2.45, 2.75) is 37.6 Å². The summed E-state index contributed by atoms with van der Waals surface area (Å²) in [6.07, 6.45) is -1.98. The van der Waals surface area contributed by atoms with Gasteiger partial charge in [-0.2, -0.15) is 13.2 Å². The molecule has 24 heavy (non-hydrogen) atoms. The van der Waals surface area contributed by atoms with Gasteiger partial charge in [0.1, 0.15) is 0 Å². The molecule has 0 N–H and O–H groups in total. The molecule has 2 aliphatic rings. The van der Waals surface area contributed by atoms with Crippen LogP contribution in [0.15, 0.2) is 22.7 Å². The monoisotopic (exact) mass is 518 g/mol. The van der Waals surface area contributed by atoms with Crippen LogP contribution in [0, 0.1) is 3.57 Å². The van der Waals surface area contributed by atoms with Crippen LogP contribution in [-0.4, -0.2) is 21.2 Å². The first-order valence-corrected chi connectivity index (χ1v) is 10.00. The molecule has 1 aromatic rings. The lowest BCUT2D eigenvalue weighted by atomic mass is 10.2. The van der Waals surface area contributed by atoms with E-state index in [4.69, 9.17) is 9.47 Å². The Hall–Kier alpha value is -0.970. The van der Waals surface area contributed by atoms with Gasteiger partial charge < -0.3 is 9.47 Å². The van der Waals surface area contributed by atoms with Crippen LogP contribution in [0.3, 0.4) is 0 Å². The van der Waals surface area contributed by atoms with Crippen LogP contribution in [-0.2, 0) is 25.2 Å². The fraction of sp³-hybridized carbons (Fsp3) is 0.400. The highest BCUT2D eigenvalue weighted by molar-refractivity contribution is 14.2. The number of benzene rings is 1. The minimum absolute atomic E-state index is 0.183. The van der Waals surface area contributed by atoms with Gasteiger partial charge in [-0.1, -0.05) is 36.7 Å². The van der Waals surface area contributed by atoms with E-state index in [1.54, 1.807) is 0 Å². The Kier molecular flexibility index (Phi) is 4.75. The normalized spacial score (nSPS) is 20.2. The van der Waals surface area contributed by atoms with Crippen LogP contribution in [0.4, 0.5) is 13.2 Å². The quantitative estimate of drug-likeness (QED) is 0.414. The molecule has 1 saturated carbocycles. The molecule has 0 unspecified atom stereocenters. The number of esters is 2. The molecule has 2 fully saturated rings. The molecule has 1 heterocycles. The van der Waals surface area contributed by atoms with Gasteiger partial charge in [-0.3, -0.25) is 0 Å². The van der Waals surface area contributed by atoms with Gasteiger partial charge in [0.25, 0.3) is 5.79 Å². The third kappa shape index (κ3) is 3.66. The highest BCUT2D eigenvalue weighted by Gasteiger charge is 2.48. The van der Waals surface area contributed by atoms with Gasteiger partial charge in [-0.15, -0.1) is 0 Å². The van der Waals surface area contributed by atoms with Crippen molar-refractivity contribution in [1.82, 2.24) is 0 Å². The van der Waals surface area contributed by atoms with Gasteiger partial charge in [0, 0.05) is 20.9 Å². The number of hydrogen-bond donors (Lipinski definition) is 0. The molecule has 1 aliphatic carbocycles. The molecule has 0 radical (unpaired) electrons. The van der Waals surface area contributed by atoms with E-state index in [0.717, 1.165) is 25.0 Å². The summed E-state index contributed by atoms with van der Waals surface area (Å²) in [5.74, 6) is -2.71. The van der Waals surface area contributed by atoms with Gasteiger partial charge in [0.05, 0.1) is 5.56 Å². The average Bonchev–Trinajstić information content (AvgIpc) is 2.89. The lowest BCUT2D eigenvalue weighted by Crippen LogP contribution is -2.48. The fourth-order valence-corrected chi connectivity index (χ4v) is 5.79. The topological polar surface area (TPSA) is 52.6 Å². The van der Waals surface area contributed by atoms with Crippen molar-refractivity contribution in [1.29, 1.82) is 0 Å². The molecule has 3 rings (SSSR count). The third-order valence-corrected chi connectivity index (χ3v) is 6.80. The van der Waals surface area contributed by atoms with Crippen LogP contribution < -0.4 is 0 Å². The van der Waals surface area contributed by atoms with E-state index in [2.05, 4.69) is 15.9 Å². The zero-order valence-corrected chi connectivity index (χ0v) is 15.8. The van der Waals surface area contributed by atoms with Crippen LogP contribution in [0.25, 0.3) is 0 Å². The molecule has 130 valence electrons. The fourth-order valence-electron chi connectivity index (χ4n) is 2.61. The molecular formula is C15H11BrF3IO4. The number of alkyl halides is 3. The highest BCUT2D eigenvalue weighted by atomic mass is 127. The Labute approximate surface area is 153 Å². The van der Waals surface area contributed by atoms with E-state index < -0.39 is 50.2 Å². The second-order valence-electron chi connectivity index (χ2n) is 5.46. The van der Waals surface area contributed by atoms with Crippen molar-refractivity contribution in [3.63, 3.8) is 0 Å². The Balaban J connectivity index is 1.93. The predicted molar refractivity (Wildman–Crippen MR) is 90.3 cm³/mol. The molecule has 0 aromatic heterocycles. The predicted octanol–water partition coefficient (Wildman–Crippen LogP) is 4.15. The largest absolute Gasteiger partial charge is 0.418 e. The lowest BCUT2D eigenvalue weighted by Gasteiger charge is -2.32. The Morgan fingerprint density at radius 1 is 1.04 bits per heavy atom. The molecule has 0 bridgehead atoms. The number of rotatable bonds is 1. The summed E-state index contributed by atoms with van der Waals surface area (Å²) < 4.78 is 49.6. The Morgan fingerprint density at radius 2 is 1.62 bits per heavy atom. The van der Waals surface area contributed by atoms with Crippen LogP contribution >= 0.6 is 36.7 Å². The van der Waals surface area contributed by atoms with Gasteiger partial charge in [0.15, 0.2) is 3.51 Å². The van der Waals surface area contributed by atoms with E-state index in [1.807, 2.05) is 0 Å². The molecule has 0 atom stereocenters. The summed E-state index contributed by atoms with van der Waals surface area (Å²) in [5, 5.41) is 0. The third-order valence-electron chi connectivity index (χ3n) is 3.67. The molecule has 1 aliphatic heterocycles. The van der Waals surface area contributed by atoms with Gasteiger partial charge in [0.2, 0.25) is 0 Å². The summed E-state index contributed by atoms with van der Waals surface area (Å²) in [7, 11) is 0. The van der Waals surface area contributed by atoms with E-state index in [-0.39, 0.29) is 11.6 Å². The first-order chi connectivity index (χ1) is 11.2. The smallest absolute Gasteiger partial charge is 0.416 e. The Bertz CT molecular complexity index is 717. The van der Waals surface area contributed by atoms with Crippen molar-refractivity contribution in [2.75, 3.05) is 0 Å². The number of ether oxygens (including phenoxy) is 2. The first-order valence-electron chi connectivity index (χ1n) is 7.05. The minimum atomic E-state index is -4.51. The van der Waals surface area contributed by atoms with Gasteiger partial charge in [-0.05, 0) is 31.0 Å². The molecule has 4 nitrogen and oxygen atoms in total. The van der Waals surface area contributed by atoms with Crippen molar-refractivity contribution >= 4 is 52.1 Å². The van der Waals surface area contributed by atoms with E-state index in [0.29, 0.717) is 12.8 Å². The Morgan fingerprint density at radius 3 is 2.17 bits per heavy atom. The summed E-state index contributed by atoms with van der Waals surface area (Å²) in [6, 6.07) is 3.37. The van der Waals surface area contributed by atoms with Crippen molar-refractivity contribution < 1.29 is 32.2 Å². The maximum atomic E-state index is 12.9. The van der Waals surface area contributed by atoms with Crippen LogP contribution in [0.1, 0.15) is 31.2 Å². The summed E-state index contributed by atoms with van der Waals surface area (Å²) in [5.41, 5.74) is -0.836. The summed E-state index contributed by atoms with van der Waals surface area (Å²) in [6.45, 7) is 0. The standard InChI is InChI=1S/C15H11BrF3IO4/c16-9-5-8(15(17,18)19)6-10(7-9)20-11-12(21)23-14(24-13(11)22)3-1-2-4-14/h5-7H,1-4H2. The second kappa shape index (κ2) is 6.40. The van der Waals surface area contributed by atoms with E-state index in [9.17, 15) is 22.8 Å². The first kappa shape index (κ1) is 17.8. The van der Waals surface area contributed by atoms with Crippen molar-refractivity contribution in [3.05, 3.63) is 31.8 Å². The molecule has 9 heteroatoms. The summed E-state index contributed by atoms with van der Waals surface area (Å²) >= 11 is 1.57. The second-order valence-corrected chi connectivity index (χ2v) is 9.24. The number of hydrogen-bond acceptors (Lipinski definition) is 4. The molecule has 1 saturated heterocycles. The molecular weight excluding hydrogens is 508 g/mol. The van der Waals surface area contributed by atoms with Crippen molar-refractivity contribution in [3.8, 4) is 0 Å². The van der Waals surface area contributed by atoms with Gasteiger partial charge in [-0.25, -0.2) is 9.59 Å². The zero-order valence-electron chi connectivity index (χ0n) is 12.1. The zero-order chi connectivity index (χ0) is 17.5. The maximum absolute atomic E-state index is 12.9.